The number of hydrogen-bond acceptors (Lipinski definition) is 3. The van der Waals surface area contributed by atoms with Crippen LogP contribution in [-0.2, 0) is 16.0 Å². The van der Waals surface area contributed by atoms with E-state index in [1.54, 1.807) is 24.3 Å². The first-order chi connectivity index (χ1) is 7.08. The number of benzene rings is 1. The molecule has 1 aromatic rings. The second kappa shape index (κ2) is 5.29. The smallest absolute Gasteiger partial charge is 0.389 e. The van der Waals surface area contributed by atoms with Gasteiger partial charge in [0.2, 0.25) is 0 Å². The van der Waals surface area contributed by atoms with E-state index in [0.717, 1.165) is 5.56 Å². The topological polar surface area (TPSA) is 52.3 Å². The Hall–Kier alpha value is -1.65. The molecular weight excluding hydrogens is 204 g/mol. The van der Waals surface area contributed by atoms with Gasteiger partial charge in [-0.2, -0.15) is 8.78 Å². The maximum atomic E-state index is 11.6. The lowest BCUT2D eigenvalue weighted by Gasteiger charge is -2.03. The van der Waals surface area contributed by atoms with Gasteiger partial charge in [0, 0.05) is 12.1 Å². The number of halogens is 2. The molecular formula is C10H11F2NO2. The van der Waals surface area contributed by atoms with E-state index >= 15 is 0 Å². The number of aryl methyl sites for hydroxylation is 1. The fourth-order valence-corrected chi connectivity index (χ4v) is 1.09. The molecule has 0 amide bonds. The van der Waals surface area contributed by atoms with Crippen molar-refractivity contribution in [3.8, 4) is 0 Å². The first-order valence-electron chi connectivity index (χ1n) is 4.40. The molecule has 0 aliphatic rings. The predicted molar refractivity (Wildman–Crippen MR) is 51.3 cm³/mol. The van der Waals surface area contributed by atoms with Crippen LogP contribution < -0.4 is 5.73 Å². The van der Waals surface area contributed by atoms with Gasteiger partial charge in [0.15, 0.2) is 0 Å². The first-order valence-corrected chi connectivity index (χ1v) is 4.40. The molecule has 0 aliphatic heterocycles. The lowest BCUT2D eigenvalue weighted by Crippen LogP contribution is -2.09. The Morgan fingerprint density at radius 3 is 2.47 bits per heavy atom. The summed E-state index contributed by atoms with van der Waals surface area (Å²) in [5.74, 6) is -0.901. The third-order valence-corrected chi connectivity index (χ3v) is 1.82. The van der Waals surface area contributed by atoms with Crippen molar-refractivity contribution in [3.05, 3.63) is 29.8 Å². The minimum atomic E-state index is -3.04. The van der Waals surface area contributed by atoms with Crippen molar-refractivity contribution >= 4 is 11.7 Å². The monoisotopic (exact) mass is 215 g/mol. The summed E-state index contributed by atoms with van der Waals surface area (Å²) in [5, 5.41) is 0. The van der Waals surface area contributed by atoms with Gasteiger partial charge < -0.3 is 10.5 Å². The number of ether oxygens (including phenoxy) is 1. The lowest BCUT2D eigenvalue weighted by atomic mass is 10.1. The Balaban J connectivity index is 2.37. The molecule has 0 aliphatic carbocycles. The summed E-state index contributed by atoms with van der Waals surface area (Å²) < 4.78 is 26.9. The van der Waals surface area contributed by atoms with E-state index in [4.69, 9.17) is 5.73 Å². The summed E-state index contributed by atoms with van der Waals surface area (Å²) in [7, 11) is 0. The molecule has 82 valence electrons. The van der Waals surface area contributed by atoms with Crippen molar-refractivity contribution in [2.75, 3.05) is 5.73 Å². The fourth-order valence-electron chi connectivity index (χ4n) is 1.09. The van der Waals surface area contributed by atoms with E-state index in [9.17, 15) is 13.6 Å². The van der Waals surface area contributed by atoms with E-state index in [-0.39, 0.29) is 6.42 Å². The highest BCUT2D eigenvalue weighted by molar-refractivity contribution is 5.69. The average Bonchev–Trinajstić information content (AvgIpc) is 2.16. The summed E-state index contributed by atoms with van der Waals surface area (Å²) in [6.07, 6.45) is 0.306. The molecule has 3 nitrogen and oxygen atoms in total. The summed E-state index contributed by atoms with van der Waals surface area (Å²) in [6.45, 7) is -3.04. The molecule has 0 saturated carbocycles. The summed E-state index contributed by atoms with van der Waals surface area (Å²) in [5.41, 5.74) is 6.93. The molecule has 0 heterocycles. The van der Waals surface area contributed by atoms with E-state index in [0.29, 0.717) is 12.1 Å². The normalized spacial score (nSPS) is 10.3. The van der Waals surface area contributed by atoms with Gasteiger partial charge in [0.05, 0.1) is 0 Å². The third kappa shape index (κ3) is 4.39. The van der Waals surface area contributed by atoms with Crippen LogP contribution >= 0.6 is 0 Å². The Labute approximate surface area is 85.8 Å². The molecule has 5 heteroatoms. The Kier molecular flexibility index (Phi) is 4.03. The fraction of sp³-hybridized carbons (Fsp3) is 0.300. The van der Waals surface area contributed by atoms with Crippen molar-refractivity contribution in [3.63, 3.8) is 0 Å². The Morgan fingerprint density at radius 1 is 1.33 bits per heavy atom. The highest BCUT2D eigenvalue weighted by Crippen LogP contribution is 2.08. The first kappa shape index (κ1) is 11.4. The second-order valence-electron chi connectivity index (χ2n) is 2.99. The van der Waals surface area contributed by atoms with Gasteiger partial charge >= 0.3 is 12.6 Å². The van der Waals surface area contributed by atoms with E-state index in [1.165, 1.54) is 0 Å². The molecule has 0 aromatic heterocycles. The summed E-state index contributed by atoms with van der Waals surface area (Å²) in [6, 6.07) is 6.86. The molecule has 0 unspecified atom stereocenters. The maximum Gasteiger partial charge on any atom is 0.389 e. The number of nitrogen functional groups attached to an aromatic ring is 1. The van der Waals surface area contributed by atoms with Gasteiger partial charge in [-0.25, -0.2) is 0 Å². The highest BCUT2D eigenvalue weighted by atomic mass is 19.3. The van der Waals surface area contributed by atoms with Crippen LogP contribution in [0.5, 0.6) is 0 Å². The van der Waals surface area contributed by atoms with Gasteiger partial charge in [-0.05, 0) is 24.1 Å². The molecule has 2 N–H and O–H groups in total. The highest BCUT2D eigenvalue weighted by Gasteiger charge is 2.10. The maximum absolute atomic E-state index is 11.6. The standard InChI is InChI=1S/C10H11F2NO2/c11-10(12)15-9(14)6-3-7-1-4-8(13)5-2-7/h1-2,4-5,10H,3,6,13H2. The predicted octanol–water partition coefficient (Wildman–Crippen LogP) is 1.97. The summed E-state index contributed by atoms with van der Waals surface area (Å²) >= 11 is 0. The minimum Gasteiger partial charge on any atom is -0.403 e. The van der Waals surface area contributed by atoms with Crippen LogP contribution in [0.15, 0.2) is 24.3 Å². The van der Waals surface area contributed by atoms with Crippen LogP contribution in [0.1, 0.15) is 12.0 Å². The van der Waals surface area contributed by atoms with Gasteiger partial charge in [-0.15, -0.1) is 0 Å². The van der Waals surface area contributed by atoms with E-state index in [1.807, 2.05) is 0 Å². The third-order valence-electron chi connectivity index (χ3n) is 1.82. The molecule has 0 spiro atoms. The molecule has 1 aromatic carbocycles. The average molecular weight is 215 g/mol. The largest absolute Gasteiger partial charge is 0.403 e. The van der Waals surface area contributed by atoms with Crippen molar-refractivity contribution in [1.82, 2.24) is 0 Å². The molecule has 1 rings (SSSR count). The van der Waals surface area contributed by atoms with Crippen LogP contribution in [0.2, 0.25) is 0 Å². The van der Waals surface area contributed by atoms with Crippen LogP contribution in [0.4, 0.5) is 14.5 Å². The number of carbonyl (C=O) groups excluding carboxylic acids is 1. The summed E-state index contributed by atoms with van der Waals surface area (Å²) in [4.78, 5) is 10.8. The quantitative estimate of drug-likeness (QED) is 0.617. The number of alkyl halides is 2. The van der Waals surface area contributed by atoms with Gasteiger partial charge in [0.25, 0.3) is 0 Å². The van der Waals surface area contributed by atoms with Crippen LogP contribution in [0.25, 0.3) is 0 Å². The number of nitrogens with two attached hydrogens (primary N) is 1. The molecule has 0 atom stereocenters. The Bertz CT molecular complexity index is 325. The number of esters is 1. The van der Waals surface area contributed by atoms with Crippen LogP contribution in [0.3, 0.4) is 0 Å². The van der Waals surface area contributed by atoms with Crippen LogP contribution in [0, 0.1) is 0 Å². The number of hydrogen-bond donors (Lipinski definition) is 1. The van der Waals surface area contributed by atoms with Crippen molar-refractivity contribution in [2.24, 2.45) is 0 Å². The minimum absolute atomic E-state index is 0.0613. The van der Waals surface area contributed by atoms with E-state index in [2.05, 4.69) is 4.74 Å². The van der Waals surface area contributed by atoms with Crippen molar-refractivity contribution in [2.45, 2.75) is 19.5 Å². The molecule has 0 fully saturated rings. The van der Waals surface area contributed by atoms with E-state index < -0.39 is 12.6 Å². The lowest BCUT2D eigenvalue weighted by molar-refractivity contribution is -0.176. The molecule has 15 heavy (non-hydrogen) atoms. The Morgan fingerprint density at radius 2 is 1.93 bits per heavy atom. The number of carbonyl (C=O) groups is 1. The zero-order chi connectivity index (χ0) is 11.3. The van der Waals surface area contributed by atoms with Gasteiger partial charge in [-0.3, -0.25) is 4.79 Å². The van der Waals surface area contributed by atoms with Gasteiger partial charge in [0.1, 0.15) is 0 Å². The zero-order valence-electron chi connectivity index (χ0n) is 7.95. The number of anilines is 1. The molecule has 0 saturated heterocycles. The second-order valence-corrected chi connectivity index (χ2v) is 2.99. The van der Waals surface area contributed by atoms with Crippen molar-refractivity contribution < 1.29 is 18.3 Å². The van der Waals surface area contributed by atoms with Crippen molar-refractivity contribution in [1.29, 1.82) is 0 Å². The van der Waals surface area contributed by atoms with Crippen LogP contribution in [-0.4, -0.2) is 12.6 Å². The molecule has 0 radical (unpaired) electrons. The molecule has 0 bridgehead atoms. The van der Waals surface area contributed by atoms with Gasteiger partial charge in [-0.1, -0.05) is 12.1 Å². The number of rotatable bonds is 4. The SMILES string of the molecule is Nc1ccc(CCC(=O)OC(F)F)cc1. The zero-order valence-corrected chi connectivity index (χ0v) is 7.95.